The maximum atomic E-state index is 15.1. The van der Waals surface area contributed by atoms with Crippen LogP contribution in [0.15, 0.2) is 60.0 Å². The van der Waals surface area contributed by atoms with Crippen molar-refractivity contribution in [3.8, 4) is 10.4 Å². The third-order valence-electron chi connectivity index (χ3n) is 6.84. The van der Waals surface area contributed by atoms with Gasteiger partial charge in [-0.3, -0.25) is 4.79 Å². The van der Waals surface area contributed by atoms with Gasteiger partial charge in [0.25, 0.3) is 5.91 Å². The zero-order valence-corrected chi connectivity index (χ0v) is 20.7. The molecular weight excluding hydrogens is 447 g/mol. The second kappa shape index (κ2) is 10.8. The number of hydrogen-bond acceptors (Lipinski definition) is 4. The van der Waals surface area contributed by atoms with Gasteiger partial charge in [0.1, 0.15) is 5.82 Å². The predicted octanol–water partition coefficient (Wildman–Crippen LogP) is 5.81. The van der Waals surface area contributed by atoms with Crippen molar-refractivity contribution >= 4 is 17.2 Å². The normalized spacial score (nSPS) is 18.0. The molecule has 0 aliphatic carbocycles. The first-order chi connectivity index (χ1) is 16.5. The molecule has 3 aromatic rings. The minimum Gasteiger partial charge on any atom is -0.385 e. The summed E-state index contributed by atoms with van der Waals surface area (Å²) in [4.78, 5) is 16.0. The molecule has 1 aliphatic rings. The minimum atomic E-state index is -1.22. The van der Waals surface area contributed by atoms with E-state index in [1.54, 1.807) is 6.07 Å². The zero-order chi connectivity index (χ0) is 24.1. The topological polar surface area (TPSA) is 52.6 Å². The molecular formula is C28H33FN2O2S. The van der Waals surface area contributed by atoms with Crippen molar-refractivity contribution in [2.75, 3.05) is 20.1 Å². The summed E-state index contributed by atoms with van der Waals surface area (Å²) < 4.78 is 15.1. The van der Waals surface area contributed by atoms with Crippen LogP contribution in [-0.2, 0) is 12.1 Å². The van der Waals surface area contributed by atoms with Crippen molar-refractivity contribution < 1.29 is 14.3 Å². The number of rotatable bonds is 8. The lowest BCUT2D eigenvalue weighted by Crippen LogP contribution is -2.48. The van der Waals surface area contributed by atoms with Crippen LogP contribution >= 0.6 is 11.3 Å². The summed E-state index contributed by atoms with van der Waals surface area (Å²) in [5.41, 5.74) is 1.68. The number of nitrogens with one attached hydrogen (secondary N) is 1. The highest BCUT2D eigenvalue weighted by molar-refractivity contribution is 7.13. The number of nitrogens with zero attached hydrogens (tertiary/aromatic N) is 1. The Hall–Kier alpha value is -2.54. The summed E-state index contributed by atoms with van der Waals surface area (Å²) in [5.74, 6) is -0.508. The molecule has 6 heteroatoms. The summed E-state index contributed by atoms with van der Waals surface area (Å²) in [7, 11) is 1.90. The predicted molar refractivity (Wildman–Crippen MR) is 136 cm³/mol. The summed E-state index contributed by atoms with van der Waals surface area (Å²) in [5, 5.41) is 17.2. The van der Waals surface area contributed by atoms with E-state index in [0.29, 0.717) is 36.2 Å². The van der Waals surface area contributed by atoms with E-state index in [0.717, 1.165) is 36.2 Å². The fourth-order valence-corrected chi connectivity index (χ4v) is 5.99. The Labute approximate surface area is 205 Å². The highest BCUT2D eigenvalue weighted by Gasteiger charge is 2.43. The molecule has 2 heterocycles. The van der Waals surface area contributed by atoms with Crippen LogP contribution < -0.4 is 5.32 Å². The number of carbonyl (C=O) groups is 1. The van der Waals surface area contributed by atoms with Crippen molar-refractivity contribution in [1.29, 1.82) is 0 Å². The molecule has 0 radical (unpaired) electrons. The first-order valence-electron chi connectivity index (χ1n) is 12.1. The molecule has 0 saturated carbocycles. The van der Waals surface area contributed by atoms with E-state index in [-0.39, 0.29) is 17.6 Å². The maximum absolute atomic E-state index is 15.1. The second-order valence-electron chi connectivity index (χ2n) is 9.13. The second-order valence-corrected chi connectivity index (χ2v) is 10.1. The largest absolute Gasteiger partial charge is 0.385 e. The van der Waals surface area contributed by atoms with E-state index in [2.05, 4.69) is 5.32 Å². The molecule has 1 aromatic heterocycles. The molecule has 1 saturated heterocycles. The summed E-state index contributed by atoms with van der Waals surface area (Å²) in [6, 6.07) is 16.5. The van der Waals surface area contributed by atoms with Crippen molar-refractivity contribution in [3.05, 3.63) is 82.5 Å². The number of likely N-dealkylation sites (tertiary alicyclic amines) is 1. The van der Waals surface area contributed by atoms with Gasteiger partial charge in [0.2, 0.25) is 0 Å². The van der Waals surface area contributed by atoms with E-state index < -0.39 is 5.60 Å². The average molecular weight is 481 g/mol. The van der Waals surface area contributed by atoms with E-state index in [9.17, 15) is 9.90 Å². The molecule has 2 aromatic carbocycles. The van der Waals surface area contributed by atoms with Crippen LogP contribution in [0.5, 0.6) is 0 Å². The number of benzene rings is 2. The Balaban J connectivity index is 1.64. The molecule has 4 nitrogen and oxygen atoms in total. The first kappa shape index (κ1) is 24.6. The van der Waals surface area contributed by atoms with E-state index in [4.69, 9.17) is 0 Å². The van der Waals surface area contributed by atoms with Crippen LogP contribution in [0.1, 0.15) is 54.1 Å². The minimum absolute atomic E-state index is 0.0164. The van der Waals surface area contributed by atoms with E-state index >= 15 is 4.39 Å². The van der Waals surface area contributed by atoms with Crippen LogP contribution in [0.4, 0.5) is 4.39 Å². The molecule has 0 spiro atoms. The molecule has 2 N–H and O–H groups in total. The molecule has 34 heavy (non-hydrogen) atoms. The molecule has 4 rings (SSSR count). The third-order valence-corrected chi connectivity index (χ3v) is 7.73. The third kappa shape index (κ3) is 4.95. The first-order valence-corrected chi connectivity index (χ1v) is 12.9. The number of thiophene rings is 1. The Bertz CT molecular complexity index is 1100. The molecule has 1 aliphatic heterocycles. The van der Waals surface area contributed by atoms with Crippen LogP contribution in [0.2, 0.25) is 0 Å². The summed E-state index contributed by atoms with van der Waals surface area (Å²) in [6.07, 6.45) is 2.88. The standard InChI is InChI=1S/C28H33FN2O2S/c1-3-15-28(33,23-8-4-9-24(29)26(23)25-10-6-17-34-25)22-7-5-16-31(19-22)27(32)21-13-11-20(12-14-21)18-30-2/h4,6,8-14,17,22,30,33H,3,5,7,15-16,18-19H2,1-2H3. The van der Waals surface area contributed by atoms with Gasteiger partial charge < -0.3 is 15.3 Å². The highest BCUT2D eigenvalue weighted by Crippen LogP contribution is 2.45. The summed E-state index contributed by atoms with van der Waals surface area (Å²) in [6.45, 7) is 3.91. The fraction of sp³-hybridized carbons (Fsp3) is 0.393. The average Bonchev–Trinajstić information content (AvgIpc) is 3.39. The Morgan fingerprint density at radius 3 is 2.68 bits per heavy atom. The molecule has 180 valence electrons. The van der Waals surface area contributed by atoms with Crippen molar-refractivity contribution in [2.24, 2.45) is 5.92 Å². The fourth-order valence-electron chi connectivity index (χ4n) is 5.20. The van der Waals surface area contributed by atoms with Crippen LogP contribution in [0.3, 0.4) is 0 Å². The van der Waals surface area contributed by atoms with Crippen LogP contribution in [0, 0.1) is 11.7 Å². The lowest BCUT2D eigenvalue weighted by Gasteiger charge is -2.43. The zero-order valence-electron chi connectivity index (χ0n) is 19.9. The number of carbonyl (C=O) groups excluding carboxylic acids is 1. The van der Waals surface area contributed by atoms with Crippen molar-refractivity contribution in [3.63, 3.8) is 0 Å². The van der Waals surface area contributed by atoms with E-state index in [1.807, 2.05) is 66.7 Å². The molecule has 0 bridgehead atoms. The number of halogens is 1. The van der Waals surface area contributed by atoms with Crippen LogP contribution in [-0.4, -0.2) is 36.1 Å². The monoisotopic (exact) mass is 480 g/mol. The van der Waals surface area contributed by atoms with Crippen LogP contribution in [0.25, 0.3) is 10.4 Å². The number of hydrogen-bond donors (Lipinski definition) is 2. The van der Waals surface area contributed by atoms with Gasteiger partial charge in [-0.05, 0) is 67.1 Å². The van der Waals surface area contributed by atoms with Gasteiger partial charge in [0.05, 0.1) is 5.60 Å². The molecule has 1 amide bonds. The maximum Gasteiger partial charge on any atom is 0.253 e. The van der Waals surface area contributed by atoms with E-state index in [1.165, 1.54) is 17.4 Å². The number of aliphatic hydroxyl groups is 1. The SMILES string of the molecule is CCCC(O)(c1cccc(F)c1-c1cccs1)C1CCCN(C(=O)c2ccc(CNC)cc2)C1. The van der Waals surface area contributed by atoms with Gasteiger partial charge in [-0.15, -0.1) is 11.3 Å². The molecule has 2 atom stereocenters. The molecule has 2 unspecified atom stereocenters. The Kier molecular flexibility index (Phi) is 7.81. The van der Waals surface area contributed by atoms with Crippen molar-refractivity contribution in [2.45, 2.75) is 44.8 Å². The Morgan fingerprint density at radius 1 is 1.21 bits per heavy atom. The Morgan fingerprint density at radius 2 is 2.00 bits per heavy atom. The smallest absolute Gasteiger partial charge is 0.253 e. The van der Waals surface area contributed by atoms with Gasteiger partial charge in [0, 0.05) is 41.6 Å². The number of amides is 1. The molecule has 1 fully saturated rings. The van der Waals surface area contributed by atoms with Gasteiger partial charge in [0.15, 0.2) is 0 Å². The van der Waals surface area contributed by atoms with Gasteiger partial charge >= 0.3 is 0 Å². The summed E-state index contributed by atoms with van der Waals surface area (Å²) >= 11 is 1.47. The van der Waals surface area contributed by atoms with Gasteiger partial charge in [-0.1, -0.05) is 43.7 Å². The highest BCUT2D eigenvalue weighted by atomic mass is 32.1. The van der Waals surface area contributed by atoms with Gasteiger partial charge in [-0.2, -0.15) is 0 Å². The van der Waals surface area contributed by atoms with Gasteiger partial charge in [-0.25, -0.2) is 4.39 Å². The quantitative estimate of drug-likeness (QED) is 0.428. The lowest BCUT2D eigenvalue weighted by atomic mass is 9.72. The van der Waals surface area contributed by atoms with Crippen molar-refractivity contribution in [1.82, 2.24) is 10.2 Å². The number of piperidine rings is 1. The lowest BCUT2D eigenvalue weighted by molar-refractivity contribution is -0.0557.